The number of halogens is 2. The van der Waals surface area contributed by atoms with Crippen molar-refractivity contribution >= 4 is 41.1 Å². The van der Waals surface area contributed by atoms with Crippen LogP contribution in [-0.2, 0) is 9.59 Å². The quantitative estimate of drug-likeness (QED) is 0.549. The van der Waals surface area contributed by atoms with Crippen molar-refractivity contribution in [2.24, 2.45) is 5.41 Å². The molecule has 1 aromatic rings. The zero-order valence-electron chi connectivity index (χ0n) is 19.9. The SMILES string of the molecule is CC1(C)CCN(C[C@H](O)CCN2CCN(C(=O)C=Cc3ccc(Cl)c(Cl)c3)CCC2=O)CC1O. The van der Waals surface area contributed by atoms with Gasteiger partial charge in [-0.25, -0.2) is 0 Å². The van der Waals surface area contributed by atoms with Crippen molar-refractivity contribution in [2.75, 3.05) is 45.8 Å². The van der Waals surface area contributed by atoms with Crippen molar-refractivity contribution in [3.8, 4) is 0 Å². The fraction of sp³-hybridized carbons (Fsp3) is 0.600. The summed E-state index contributed by atoms with van der Waals surface area (Å²) in [5, 5.41) is 21.7. The fourth-order valence-corrected chi connectivity index (χ4v) is 4.57. The molecule has 1 unspecified atom stereocenters. The molecule has 2 amide bonds. The standard InChI is InChI=1S/C25H35Cl2N3O4/c1-25(2)9-12-28(17-22(25)32)16-19(31)7-10-29-13-14-30(11-8-24(29)34)23(33)6-4-18-3-5-20(26)21(27)15-18/h3-6,15,19,22,31-32H,7-14,16-17H2,1-2H3/t19-,22?/m1/s1. The van der Waals surface area contributed by atoms with E-state index < -0.39 is 12.2 Å². The molecule has 2 aliphatic heterocycles. The maximum atomic E-state index is 12.6. The van der Waals surface area contributed by atoms with Crippen LogP contribution >= 0.6 is 23.2 Å². The maximum absolute atomic E-state index is 12.6. The molecule has 0 bridgehead atoms. The highest BCUT2D eigenvalue weighted by atomic mass is 35.5. The maximum Gasteiger partial charge on any atom is 0.246 e. The first-order valence-corrected chi connectivity index (χ1v) is 12.6. The molecule has 2 fully saturated rings. The van der Waals surface area contributed by atoms with Crippen molar-refractivity contribution in [2.45, 2.75) is 45.3 Å². The zero-order chi connectivity index (χ0) is 24.9. The van der Waals surface area contributed by atoms with Gasteiger partial charge in [0.2, 0.25) is 11.8 Å². The lowest BCUT2D eigenvalue weighted by Crippen LogP contribution is -2.50. The molecule has 9 heteroatoms. The number of carbonyl (C=O) groups excluding carboxylic acids is 2. The second-order valence-electron chi connectivity index (χ2n) is 9.92. The normalized spacial score (nSPS) is 22.8. The molecule has 2 atom stereocenters. The summed E-state index contributed by atoms with van der Waals surface area (Å²) in [6, 6.07) is 5.15. The van der Waals surface area contributed by atoms with E-state index in [1.165, 1.54) is 6.08 Å². The smallest absolute Gasteiger partial charge is 0.246 e. The van der Waals surface area contributed by atoms with E-state index in [9.17, 15) is 19.8 Å². The summed E-state index contributed by atoms with van der Waals surface area (Å²) >= 11 is 11.9. The van der Waals surface area contributed by atoms with E-state index in [2.05, 4.69) is 18.7 Å². The zero-order valence-corrected chi connectivity index (χ0v) is 21.4. The van der Waals surface area contributed by atoms with Gasteiger partial charge in [0.15, 0.2) is 0 Å². The van der Waals surface area contributed by atoms with Gasteiger partial charge in [0.25, 0.3) is 0 Å². The molecular formula is C25H35Cl2N3O4. The van der Waals surface area contributed by atoms with Gasteiger partial charge in [0.1, 0.15) is 0 Å². The Hall–Kier alpha value is -1.64. The monoisotopic (exact) mass is 511 g/mol. The van der Waals surface area contributed by atoms with Gasteiger partial charge in [0, 0.05) is 51.8 Å². The van der Waals surface area contributed by atoms with Crippen molar-refractivity contribution in [1.82, 2.24) is 14.7 Å². The van der Waals surface area contributed by atoms with Gasteiger partial charge < -0.3 is 20.0 Å². The van der Waals surface area contributed by atoms with Crippen LogP contribution in [0.15, 0.2) is 24.3 Å². The number of hydrogen-bond donors (Lipinski definition) is 2. The van der Waals surface area contributed by atoms with E-state index in [0.29, 0.717) is 55.7 Å². The van der Waals surface area contributed by atoms with E-state index in [1.807, 2.05) is 0 Å². The van der Waals surface area contributed by atoms with Crippen LogP contribution in [0.4, 0.5) is 0 Å². The second kappa shape index (κ2) is 11.9. The summed E-state index contributed by atoms with van der Waals surface area (Å²) in [6.45, 7) is 7.71. The number of piperidine rings is 1. The van der Waals surface area contributed by atoms with E-state index in [-0.39, 0.29) is 23.7 Å². The molecule has 0 saturated carbocycles. The minimum Gasteiger partial charge on any atom is -0.392 e. The van der Waals surface area contributed by atoms with Crippen LogP contribution in [-0.4, -0.2) is 94.7 Å². The number of benzene rings is 1. The molecule has 0 aromatic heterocycles. The Bertz CT molecular complexity index is 908. The Kier molecular flexibility index (Phi) is 9.41. The molecule has 0 radical (unpaired) electrons. The molecule has 34 heavy (non-hydrogen) atoms. The topological polar surface area (TPSA) is 84.3 Å². The molecule has 2 N–H and O–H groups in total. The molecule has 188 valence electrons. The number of aliphatic hydroxyl groups is 2. The summed E-state index contributed by atoms with van der Waals surface area (Å²) in [4.78, 5) is 30.7. The fourth-order valence-electron chi connectivity index (χ4n) is 4.27. The van der Waals surface area contributed by atoms with Crippen LogP contribution in [0.1, 0.15) is 38.7 Å². The predicted molar refractivity (Wildman–Crippen MR) is 135 cm³/mol. The van der Waals surface area contributed by atoms with Crippen LogP contribution in [0, 0.1) is 5.41 Å². The summed E-state index contributed by atoms with van der Waals surface area (Å²) in [6.07, 6.45) is 3.80. The number of nitrogens with zero attached hydrogens (tertiary/aromatic N) is 3. The number of β-amino-alcohol motifs (C(OH)–C–C–N with tert-alkyl or cyclic N) is 2. The van der Waals surface area contributed by atoms with E-state index in [4.69, 9.17) is 23.2 Å². The van der Waals surface area contributed by atoms with Crippen LogP contribution < -0.4 is 0 Å². The Labute approximate surface area is 211 Å². The number of likely N-dealkylation sites (tertiary alicyclic amines) is 1. The molecule has 2 saturated heterocycles. The van der Waals surface area contributed by atoms with Gasteiger partial charge in [0.05, 0.1) is 22.3 Å². The number of hydrogen-bond acceptors (Lipinski definition) is 5. The number of carbonyl (C=O) groups is 2. The van der Waals surface area contributed by atoms with Gasteiger partial charge in [-0.05, 0) is 48.6 Å². The lowest BCUT2D eigenvalue weighted by atomic mass is 9.80. The molecule has 3 rings (SSSR count). The molecule has 1 aromatic carbocycles. The average molecular weight is 512 g/mol. The van der Waals surface area contributed by atoms with Gasteiger partial charge in [-0.2, -0.15) is 0 Å². The first kappa shape index (κ1) is 27.0. The molecule has 0 spiro atoms. The van der Waals surface area contributed by atoms with Gasteiger partial charge in [-0.15, -0.1) is 0 Å². The van der Waals surface area contributed by atoms with Gasteiger partial charge in [-0.1, -0.05) is 43.1 Å². The average Bonchev–Trinajstić information content (AvgIpc) is 2.97. The summed E-state index contributed by atoms with van der Waals surface area (Å²) < 4.78 is 0. The third-order valence-electron chi connectivity index (χ3n) is 6.87. The van der Waals surface area contributed by atoms with E-state index in [0.717, 1.165) is 18.5 Å². The first-order valence-electron chi connectivity index (χ1n) is 11.8. The van der Waals surface area contributed by atoms with Crippen molar-refractivity contribution in [3.05, 3.63) is 39.9 Å². The largest absolute Gasteiger partial charge is 0.392 e. The van der Waals surface area contributed by atoms with E-state index in [1.54, 1.807) is 34.1 Å². The highest BCUT2D eigenvalue weighted by Crippen LogP contribution is 2.30. The molecule has 2 heterocycles. The number of rotatable bonds is 7. The van der Waals surface area contributed by atoms with Crippen molar-refractivity contribution in [1.29, 1.82) is 0 Å². The van der Waals surface area contributed by atoms with Crippen LogP contribution in [0.3, 0.4) is 0 Å². The summed E-state index contributed by atoms with van der Waals surface area (Å²) in [7, 11) is 0. The molecule has 0 aliphatic carbocycles. The lowest BCUT2D eigenvalue weighted by molar-refractivity contribution is -0.130. The van der Waals surface area contributed by atoms with Gasteiger partial charge in [-0.3, -0.25) is 14.5 Å². The summed E-state index contributed by atoms with van der Waals surface area (Å²) in [5.41, 5.74) is 0.675. The molecule has 7 nitrogen and oxygen atoms in total. The lowest BCUT2D eigenvalue weighted by Gasteiger charge is -2.41. The first-order chi connectivity index (χ1) is 16.0. The molecule has 2 aliphatic rings. The summed E-state index contributed by atoms with van der Waals surface area (Å²) in [5.74, 6) is -0.168. The highest BCUT2D eigenvalue weighted by Gasteiger charge is 2.34. The third-order valence-corrected chi connectivity index (χ3v) is 7.61. The van der Waals surface area contributed by atoms with Crippen LogP contribution in [0.25, 0.3) is 6.08 Å². The minimum atomic E-state index is -0.573. The van der Waals surface area contributed by atoms with Crippen molar-refractivity contribution in [3.63, 3.8) is 0 Å². The molecular weight excluding hydrogens is 477 g/mol. The predicted octanol–water partition coefficient (Wildman–Crippen LogP) is 2.91. The van der Waals surface area contributed by atoms with Gasteiger partial charge >= 0.3 is 0 Å². The second-order valence-corrected chi connectivity index (χ2v) is 10.7. The van der Waals surface area contributed by atoms with Crippen LogP contribution in [0.2, 0.25) is 10.0 Å². The Balaban J connectivity index is 1.45. The van der Waals surface area contributed by atoms with Crippen molar-refractivity contribution < 1.29 is 19.8 Å². The highest BCUT2D eigenvalue weighted by molar-refractivity contribution is 6.42. The number of aliphatic hydroxyl groups excluding tert-OH is 2. The van der Waals surface area contributed by atoms with E-state index >= 15 is 0 Å². The van der Waals surface area contributed by atoms with Crippen LogP contribution in [0.5, 0.6) is 0 Å². The Morgan fingerprint density at radius 1 is 1.21 bits per heavy atom. The Morgan fingerprint density at radius 2 is 1.97 bits per heavy atom. The third kappa shape index (κ3) is 7.43. The number of amides is 2. The Morgan fingerprint density at radius 3 is 2.68 bits per heavy atom. The minimum absolute atomic E-state index is 0.00823.